The van der Waals surface area contributed by atoms with Crippen LogP contribution in [-0.2, 0) is 19.5 Å². The van der Waals surface area contributed by atoms with Gasteiger partial charge in [0.25, 0.3) is 0 Å². The van der Waals surface area contributed by atoms with Gasteiger partial charge in [-0.25, -0.2) is 14.1 Å². The third-order valence-electron chi connectivity index (χ3n) is 3.76. The third kappa shape index (κ3) is 2.43. The Hall–Kier alpha value is -1.46. The number of halogens is 2. The fourth-order valence-electron chi connectivity index (χ4n) is 2.72. The first kappa shape index (κ1) is 13.5. The number of hydrogen-bond acceptors (Lipinski definition) is 3. The van der Waals surface area contributed by atoms with E-state index < -0.39 is 0 Å². The Morgan fingerprint density at radius 3 is 3.15 bits per heavy atom. The first-order chi connectivity index (χ1) is 9.69. The van der Waals surface area contributed by atoms with Crippen LogP contribution in [0.3, 0.4) is 0 Å². The van der Waals surface area contributed by atoms with Gasteiger partial charge in [0.15, 0.2) is 0 Å². The van der Waals surface area contributed by atoms with Crippen molar-refractivity contribution in [2.75, 3.05) is 0 Å². The van der Waals surface area contributed by atoms with Crippen molar-refractivity contribution in [3.05, 3.63) is 46.3 Å². The van der Waals surface area contributed by atoms with Crippen molar-refractivity contribution >= 4 is 11.6 Å². The first-order valence-corrected chi connectivity index (χ1v) is 7.14. The number of rotatable bonds is 4. The van der Waals surface area contributed by atoms with Gasteiger partial charge in [-0.15, -0.1) is 0 Å². The lowest BCUT2D eigenvalue weighted by atomic mass is 10.1. The van der Waals surface area contributed by atoms with E-state index >= 15 is 0 Å². The maximum atomic E-state index is 13.4. The van der Waals surface area contributed by atoms with Gasteiger partial charge in [0, 0.05) is 12.6 Å². The molecule has 0 unspecified atom stereocenters. The minimum absolute atomic E-state index is 0.189. The van der Waals surface area contributed by atoms with Crippen molar-refractivity contribution in [1.29, 1.82) is 0 Å². The smallest absolute Gasteiger partial charge is 0.142 e. The summed E-state index contributed by atoms with van der Waals surface area (Å²) in [6, 6.07) is 3.49. The van der Waals surface area contributed by atoms with E-state index in [4.69, 9.17) is 11.6 Å². The van der Waals surface area contributed by atoms with Crippen LogP contribution < -0.4 is 5.32 Å². The Labute approximate surface area is 122 Å². The molecule has 0 saturated heterocycles. The largest absolute Gasteiger partial charge is 0.303 e. The minimum atomic E-state index is -0.336. The Morgan fingerprint density at radius 1 is 1.50 bits per heavy atom. The van der Waals surface area contributed by atoms with Crippen LogP contribution in [0.15, 0.2) is 18.5 Å². The molecule has 20 heavy (non-hydrogen) atoms. The van der Waals surface area contributed by atoms with Gasteiger partial charge < -0.3 is 5.32 Å². The lowest BCUT2D eigenvalue weighted by Gasteiger charge is -2.14. The molecule has 1 N–H and O–H groups in total. The van der Waals surface area contributed by atoms with E-state index in [0.717, 1.165) is 36.3 Å². The van der Waals surface area contributed by atoms with Crippen LogP contribution >= 0.6 is 11.6 Å². The van der Waals surface area contributed by atoms with Crippen LogP contribution in [0.1, 0.15) is 36.3 Å². The molecule has 1 atom stereocenters. The molecule has 0 bridgehead atoms. The zero-order chi connectivity index (χ0) is 14.1. The molecule has 1 aromatic carbocycles. The Kier molecular flexibility index (Phi) is 3.72. The molecule has 2 aromatic rings. The molecule has 0 aliphatic heterocycles. The van der Waals surface area contributed by atoms with E-state index in [2.05, 4.69) is 15.4 Å². The number of nitrogens with zero attached hydrogens (tertiary/aromatic N) is 3. The van der Waals surface area contributed by atoms with Crippen molar-refractivity contribution < 1.29 is 4.39 Å². The van der Waals surface area contributed by atoms with Gasteiger partial charge in [-0.1, -0.05) is 11.6 Å². The van der Waals surface area contributed by atoms with Gasteiger partial charge >= 0.3 is 0 Å². The molecule has 0 radical (unpaired) electrons. The number of nitrogens with one attached hydrogen (secondary N) is 1. The number of aryl methyl sites for hydroxylation is 2. The average molecular weight is 295 g/mol. The summed E-state index contributed by atoms with van der Waals surface area (Å²) >= 11 is 5.88. The summed E-state index contributed by atoms with van der Waals surface area (Å²) in [6.45, 7) is 3.48. The quantitative estimate of drug-likeness (QED) is 0.943. The summed E-state index contributed by atoms with van der Waals surface area (Å²) in [4.78, 5) is 4.24. The molecule has 3 rings (SSSR count). The van der Waals surface area contributed by atoms with Gasteiger partial charge in [-0.05, 0) is 43.0 Å². The Bertz CT molecular complexity index is 626. The SMILES string of the molecule is CCn1ncnc1CN[C@H]1CCc2cc(F)c(Cl)cc21. The van der Waals surface area contributed by atoms with Crippen molar-refractivity contribution in [2.24, 2.45) is 0 Å². The van der Waals surface area contributed by atoms with Crippen LogP contribution in [0.25, 0.3) is 0 Å². The van der Waals surface area contributed by atoms with E-state index in [-0.39, 0.29) is 16.9 Å². The van der Waals surface area contributed by atoms with E-state index in [0.29, 0.717) is 6.54 Å². The molecule has 1 aliphatic carbocycles. The number of benzene rings is 1. The van der Waals surface area contributed by atoms with Crippen molar-refractivity contribution in [2.45, 2.75) is 38.9 Å². The maximum absolute atomic E-state index is 13.4. The predicted octanol–water partition coefficient (Wildman–Crippen LogP) is 2.87. The second kappa shape index (κ2) is 5.50. The lowest BCUT2D eigenvalue weighted by Crippen LogP contribution is -2.21. The second-order valence-electron chi connectivity index (χ2n) is 4.93. The third-order valence-corrected chi connectivity index (χ3v) is 4.05. The Balaban J connectivity index is 1.74. The van der Waals surface area contributed by atoms with E-state index in [9.17, 15) is 4.39 Å². The normalized spacial score (nSPS) is 17.4. The van der Waals surface area contributed by atoms with Crippen LogP contribution in [0.2, 0.25) is 5.02 Å². The second-order valence-corrected chi connectivity index (χ2v) is 5.34. The highest BCUT2D eigenvalue weighted by Gasteiger charge is 2.24. The molecule has 0 spiro atoms. The molecule has 1 aliphatic rings. The van der Waals surface area contributed by atoms with Crippen LogP contribution in [0, 0.1) is 5.82 Å². The summed E-state index contributed by atoms with van der Waals surface area (Å²) in [7, 11) is 0. The van der Waals surface area contributed by atoms with E-state index in [1.807, 2.05) is 11.6 Å². The van der Waals surface area contributed by atoms with Crippen molar-refractivity contribution in [3.8, 4) is 0 Å². The summed E-state index contributed by atoms with van der Waals surface area (Å²) < 4.78 is 15.3. The van der Waals surface area contributed by atoms with Gasteiger partial charge in [0.05, 0.1) is 11.6 Å². The summed E-state index contributed by atoms with van der Waals surface area (Å²) in [5.41, 5.74) is 2.14. The maximum Gasteiger partial charge on any atom is 0.142 e. The van der Waals surface area contributed by atoms with Gasteiger partial charge in [-0.3, -0.25) is 0 Å². The summed E-state index contributed by atoms with van der Waals surface area (Å²) in [5.74, 6) is 0.575. The summed E-state index contributed by atoms with van der Waals surface area (Å²) in [6.07, 6.45) is 3.40. The van der Waals surface area contributed by atoms with E-state index in [1.165, 1.54) is 0 Å². The average Bonchev–Trinajstić information content (AvgIpc) is 3.04. The summed E-state index contributed by atoms with van der Waals surface area (Å²) in [5, 5.41) is 7.79. The fraction of sp³-hybridized carbons (Fsp3) is 0.429. The number of hydrogen-bond donors (Lipinski definition) is 1. The topological polar surface area (TPSA) is 42.7 Å². The highest BCUT2D eigenvalue weighted by Crippen LogP contribution is 2.34. The molecule has 1 heterocycles. The molecule has 0 amide bonds. The highest BCUT2D eigenvalue weighted by atomic mass is 35.5. The molecular formula is C14H16ClFN4. The molecular weight excluding hydrogens is 279 g/mol. The van der Waals surface area contributed by atoms with Gasteiger partial charge in [-0.2, -0.15) is 5.10 Å². The molecule has 0 fully saturated rings. The van der Waals surface area contributed by atoms with E-state index in [1.54, 1.807) is 18.5 Å². The Morgan fingerprint density at radius 2 is 2.35 bits per heavy atom. The fourth-order valence-corrected chi connectivity index (χ4v) is 2.89. The van der Waals surface area contributed by atoms with Gasteiger partial charge in [0.1, 0.15) is 18.0 Å². The first-order valence-electron chi connectivity index (χ1n) is 6.77. The van der Waals surface area contributed by atoms with Gasteiger partial charge in [0.2, 0.25) is 0 Å². The van der Waals surface area contributed by atoms with Crippen LogP contribution in [-0.4, -0.2) is 14.8 Å². The van der Waals surface area contributed by atoms with Crippen LogP contribution in [0.5, 0.6) is 0 Å². The molecule has 106 valence electrons. The molecule has 1 aromatic heterocycles. The molecule has 0 saturated carbocycles. The highest BCUT2D eigenvalue weighted by molar-refractivity contribution is 6.30. The lowest BCUT2D eigenvalue weighted by molar-refractivity contribution is 0.496. The standard InChI is InChI=1S/C14H16ClFN4/c1-2-20-14(18-8-19-20)7-17-13-4-3-9-5-12(16)11(15)6-10(9)13/h5-6,8,13,17H,2-4,7H2,1H3/t13-/m0/s1. The monoisotopic (exact) mass is 294 g/mol. The van der Waals surface area contributed by atoms with Crippen molar-refractivity contribution in [1.82, 2.24) is 20.1 Å². The number of fused-ring (bicyclic) bond motifs is 1. The van der Waals surface area contributed by atoms with Crippen molar-refractivity contribution in [3.63, 3.8) is 0 Å². The van der Waals surface area contributed by atoms with Crippen LogP contribution in [0.4, 0.5) is 4.39 Å². The zero-order valence-corrected chi connectivity index (χ0v) is 12.0. The molecule has 4 nitrogen and oxygen atoms in total. The zero-order valence-electron chi connectivity index (χ0n) is 11.2. The predicted molar refractivity (Wildman–Crippen MR) is 75.0 cm³/mol. The molecule has 6 heteroatoms. The minimum Gasteiger partial charge on any atom is -0.303 e. The number of aromatic nitrogens is 3.